The molecular formula is C28H25N3O4S. The van der Waals surface area contributed by atoms with E-state index in [1.165, 1.54) is 11.8 Å². The van der Waals surface area contributed by atoms with Crippen LogP contribution in [0, 0.1) is 13.8 Å². The van der Waals surface area contributed by atoms with Crippen LogP contribution in [0.5, 0.6) is 11.5 Å². The molecule has 0 aliphatic rings. The molecule has 5 aromatic rings. The summed E-state index contributed by atoms with van der Waals surface area (Å²) in [6.07, 6.45) is 0. The quantitative estimate of drug-likeness (QED) is 0.202. The highest BCUT2D eigenvalue weighted by Crippen LogP contribution is 2.35. The van der Waals surface area contributed by atoms with Gasteiger partial charge in [0.15, 0.2) is 22.5 Å². The number of benzene rings is 3. The maximum absolute atomic E-state index is 12.4. The minimum atomic E-state index is -0.363. The SMILES string of the molecule is COc1ccc(-n2c(SCc3cc(=O)oc4c(C)c(C)ccc34)nnc2-c2ccccc2)cc1OC. The number of aryl methyl sites for hydroxylation is 2. The van der Waals surface area contributed by atoms with Crippen molar-refractivity contribution in [3.8, 4) is 28.6 Å². The van der Waals surface area contributed by atoms with E-state index in [1.807, 2.05) is 79.1 Å². The lowest BCUT2D eigenvalue weighted by atomic mass is 10.0. The highest BCUT2D eigenvalue weighted by molar-refractivity contribution is 7.98. The second kappa shape index (κ2) is 9.91. The maximum Gasteiger partial charge on any atom is 0.336 e. The average Bonchev–Trinajstić information content (AvgIpc) is 3.33. The van der Waals surface area contributed by atoms with Gasteiger partial charge in [0, 0.05) is 28.8 Å². The number of nitrogens with zero attached hydrogens (tertiary/aromatic N) is 3. The van der Waals surface area contributed by atoms with Crippen LogP contribution in [0.1, 0.15) is 16.7 Å². The molecule has 7 nitrogen and oxygen atoms in total. The zero-order valence-electron chi connectivity index (χ0n) is 20.4. The van der Waals surface area contributed by atoms with Crippen molar-refractivity contribution >= 4 is 22.7 Å². The maximum atomic E-state index is 12.4. The van der Waals surface area contributed by atoms with Crippen molar-refractivity contribution in [3.05, 3.63) is 93.8 Å². The zero-order chi connectivity index (χ0) is 25.2. The van der Waals surface area contributed by atoms with Crippen molar-refractivity contribution in [1.82, 2.24) is 14.8 Å². The lowest BCUT2D eigenvalue weighted by Gasteiger charge is -2.14. The van der Waals surface area contributed by atoms with Gasteiger partial charge >= 0.3 is 5.63 Å². The number of ether oxygens (including phenoxy) is 2. The van der Waals surface area contributed by atoms with Gasteiger partial charge < -0.3 is 13.9 Å². The molecule has 0 unspecified atom stereocenters. The monoisotopic (exact) mass is 499 g/mol. The molecule has 0 spiro atoms. The van der Waals surface area contributed by atoms with E-state index in [9.17, 15) is 4.79 Å². The van der Waals surface area contributed by atoms with Crippen LogP contribution in [0.3, 0.4) is 0 Å². The Morgan fingerprint density at radius 1 is 0.917 bits per heavy atom. The van der Waals surface area contributed by atoms with Crippen molar-refractivity contribution in [2.45, 2.75) is 24.8 Å². The molecule has 5 rings (SSSR count). The van der Waals surface area contributed by atoms with Gasteiger partial charge in [0.1, 0.15) is 5.58 Å². The molecular weight excluding hydrogens is 474 g/mol. The molecule has 0 amide bonds. The Morgan fingerprint density at radius 2 is 1.69 bits per heavy atom. The van der Waals surface area contributed by atoms with E-state index in [-0.39, 0.29) is 5.63 Å². The number of methoxy groups -OCH3 is 2. The van der Waals surface area contributed by atoms with E-state index < -0.39 is 0 Å². The largest absolute Gasteiger partial charge is 0.493 e. The lowest BCUT2D eigenvalue weighted by Crippen LogP contribution is -2.03. The number of hydrogen-bond donors (Lipinski definition) is 0. The number of aromatic nitrogens is 3. The standard InChI is InChI=1S/C28H25N3O4S/c1-17-10-12-22-20(14-25(32)35-26(22)18(17)2)16-36-28-30-29-27(19-8-6-5-7-9-19)31(28)21-11-13-23(33-3)24(15-21)34-4/h5-15H,16H2,1-4H3. The van der Waals surface area contributed by atoms with Crippen molar-refractivity contribution in [1.29, 1.82) is 0 Å². The summed E-state index contributed by atoms with van der Waals surface area (Å²) in [6, 6.07) is 21.2. The number of hydrogen-bond acceptors (Lipinski definition) is 7. The Hall–Kier alpha value is -4.04. The van der Waals surface area contributed by atoms with Crippen LogP contribution in [0.2, 0.25) is 0 Å². The number of fused-ring (bicyclic) bond motifs is 1. The highest BCUT2D eigenvalue weighted by Gasteiger charge is 2.19. The fourth-order valence-corrected chi connectivity index (χ4v) is 5.06. The van der Waals surface area contributed by atoms with Gasteiger partial charge in [-0.25, -0.2) is 4.79 Å². The summed E-state index contributed by atoms with van der Waals surface area (Å²) in [6.45, 7) is 3.98. The van der Waals surface area contributed by atoms with Crippen LogP contribution in [0.4, 0.5) is 0 Å². The molecule has 36 heavy (non-hydrogen) atoms. The first-order valence-electron chi connectivity index (χ1n) is 11.4. The average molecular weight is 500 g/mol. The fourth-order valence-electron chi connectivity index (χ4n) is 4.12. The van der Waals surface area contributed by atoms with Crippen LogP contribution >= 0.6 is 11.8 Å². The normalized spacial score (nSPS) is 11.1. The third-order valence-electron chi connectivity index (χ3n) is 6.16. The van der Waals surface area contributed by atoms with Crippen LogP contribution in [-0.2, 0) is 5.75 Å². The van der Waals surface area contributed by atoms with Crippen molar-refractivity contribution in [3.63, 3.8) is 0 Å². The summed E-state index contributed by atoms with van der Waals surface area (Å²) in [5.74, 6) is 2.47. The van der Waals surface area contributed by atoms with Gasteiger partial charge in [-0.15, -0.1) is 10.2 Å². The first-order valence-corrected chi connectivity index (χ1v) is 12.4. The number of rotatable bonds is 7. The Kier molecular flexibility index (Phi) is 6.52. The molecule has 2 aromatic heterocycles. The Morgan fingerprint density at radius 3 is 2.44 bits per heavy atom. The van der Waals surface area contributed by atoms with Crippen LogP contribution in [0.25, 0.3) is 28.0 Å². The topological polar surface area (TPSA) is 79.4 Å². The van der Waals surface area contributed by atoms with Gasteiger partial charge in [-0.2, -0.15) is 0 Å². The summed E-state index contributed by atoms with van der Waals surface area (Å²) >= 11 is 1.50. The molecule has 0 bridgehead atoms. The minimum absolute atomic E-state index is 0.363. The molecule has 0 saturated carbocycles. The second-order valence-electron chi connectivity index (χ2n) is 8.31. The molecule has 0 saturated heterocycles. The summed E-state index contributed by atoms with van der Waals surface area (Å²) in [5.41, 5.74) is 4.97. The Bertz CT molecular complexity index is 1610. The summed E-state index contributed by atoms with van der Waals surface area (Å²) in [4.78, 5) is 12.4. The Balaban J connectivity index is 1.60. The third-order valence-corrected chi connectivity index (χ3v) is 7.14. The van der Waals surface area contributed by atoms with Gasteiger partial charge in [0.25, 0.3) is 0 Å². The minimum Gasteiger partial charge on any atom is -0.493 e. The second-order valence-corrected chi connectivity index (χ2v) is 9.25. The van der Waals surface area contributed by atoms with E-state index in [0.717, 1.165) is 33.3 Å². The van der Waals surface area contributed by atoms with Crippen LogP contribution in [-0.4, -0.2) is 29.0 Å². The van der Waals surface area contributed by atoms with E-state index in [4.69, 9.17) is 13.9 Å². The third kappa shape index (κ3) is 4.35. The van der Waals surface area contributed by atoms with Gasteiger partial charge in [0.2, 0.25) is 0 Å². The first kappa shape index (κ1) is 23.7. The molecule has 0 aliphatic heterocycles. The van der Waals surface area contributed by atoms with E-state index in [0.29, 0.717) is 33.8 Å². The smallest absolute Gasteiger partial charge is 0.336 e. The van der Waals surface area contributed by atoms with Crippen molar-refractivity contribution < 1.29 is 13.9 Å². The van der Waals surface area contributed by atoms with Gasteiger partial charge in [-0.05, 0) is 42.7 Å². The Labute approximate surface area is 212 Å². The van der Waals surface area contributed by atoms with E-state index in [2.05, 4.69) is 10.2 Å². The molecule has 0 atom stereocenters. The predicted octanol–water partition coefficient (Wildman–Crippen LogP) is 5.97. The van der Waals surface area contributed by atoms with Crippen LogP contribution in [0.15, 0.2) is 81.1 Å². The molecule has 2 heterocycles. The van der Waals surface area contributed by atoms with E-state index in [1.54, 1.807) is 20.3 Å². The first-order chi connectivity index (χ1) is 17.5. The van der Waals surface area contributed by atoms with Crippen molar-refractivity contribution in [2.24, 2.45) is 0 Å². The van der Waals surface area contributed by atoms with E-state index >= 15 is 0 Å². The molecule has 8 heteroatoms. The summed E-state index contributed by atoms with van der Waals surface area (Å²) in [7, 11) is 3.22. The predicted molar refractivity (Wildman–Crippen MR) is 141 cm³/mol. The lowest BCUT2D eigenvalue weighted by molar-refractivity contribution is 0.355. The summed E-state index contributed by atoms with van der Waals surface area (Å²) < 4.78 is 18.5. The van der Waals surface area contributed by atoms with Crippen molar-refractivity contribution in [2.75, 3.05) is 14.2 Å². The molecule has 0 radical (unpaired) electrons. The zero-order valence-corrected chi connectivity index (χ0v) is 21.3. The molecule has 182 valence electrons. The van der Waals surface area contributed by atoms with Gasteiger partial charge in [-0.1, -0.05) is 54.2 Å². The fraction of sp³-hybridized carbons (Fsp3) is 0.179. The van der Waals surface area contributed by atoms with Gasteiger partial charge in [-0.3, -0.25) is 4.57 Å². The molecule has 0 fully saturated rings. The van der Waals surface area contributed by atoms with Crippen LogP contribution < -0.4 is 15.1 Å². The number of thioether (sulfide) groups is 1. The highest BCUT2D eigenvalue weighted by atomic mass is 32.2. The summed E-state index contributed by atoms with van der Waals surface area (Å²) in [5, 5.41) is 10.6. The molecule has 0 N–H and O–H groups in total. The van der Waals surface area contributed by atoms with Gasteiger partial charge in [0.05, 0.1) is 19.9 Å². The molecule has 3 aromatic carbocycles. The molecule has 0 aliphatic carbocycles.